The first-order chi connectivity index (χ1) is 11.5. The topological polar surface area (TPSA) is 91.7 Å². The summed E-state index contributed by atoms with van der Waals surface area (Å²) in [6, 6.07) is 10.3. The van der Waals surface area contributed by atoms with Gasteiger partial charge >= 0.3 is 6.09 Å². The molecule has 128 valence electrons. The van der Waals surface area contributed by atoms with Crippen molar-refractivity contribution in [2.75, 3.05) is 6.54 Å². The largest absolute Gasteiger partial charge is 0.445 e. The lowest BCUT2D eigenvalue weighted by atomic mass is 10.1. The first-order valence-corrected chi connectivity index (χ1v) is 7.88. The molecular weight excluding hydrogens is 383 g/mol. The summed E-state index contributed by atoms with van der Waals surface area (Å²) < 4.78 is 18.9. The summed E-state index contributed by atoms with van der Waals surface area (Å²) in [6.45, 7) is -0.217. The summed E-state index contributed by atoms with van der Waals surface area (Å²) in [5, 5.41) is 22.2. The molecule has 6 nitrogen and oxygen atoms in total. The molecule has 0 spiro atoms. The number of hydrogen-bond donors (Lipinski definition) is 3. The molecule has 1 amide bonds. The van der Waals surface area contributed by atoms with E-state index >= 15 is 0 Å². The van der Waals surface area contributed by atoms with Gasteiger partial charge in [-0.05, 0) is 27.6 Å². The fraction of sp³-hybridized carbons (Fsp3) is 0.250. The van der Waals surface area contributed by atoms with Crippen LogP contribution in [0.3, 0.4) is 0 Å². The smallest absolute Gasteiger partial charge is 0.407 e. The standard InChI is InChI=1S/C16H16BrFN2O4/c17-14-6-11(12(18)7-19-14)15(22)13(21)8-20-16(23)24-9-10-4-2-1-3-5-10/h1-7,13,15,21-22H,8-9H2,(H,20,23). The molecular formula is C16H16BrFN2O4. The Morgan fingerprint density at radius 2 is 2.04 bits per heavy atom. The van der Waals surface area contributed by atoms with Crippen molar-refractivity contribution >= 4 is 22.0 Å². The van der Waals surface area contributed by atoms with Gasteiger partial charge in [-0.3, -0.25) is 0 Å². The molecule has 2 rings (SSSR count). The van der Waals surface area contributed by atoms with E-state index in [2.05, 4.69) is 26.2 Å². The number of carbonyl (C=O) groups excluding carboxylic acids is 1. The second-order valence-electron chi connectivity index (χ2n) is 4.98. The zero-order chi connectivity index (χ0) is 17.5. The van der Waals surface area contributed by atoms with Crippen molar-refractivity contribution in [2.24, 2.45) is 0 Å². The SMILES string of the molecule is O=C(NCC(O)C(O)c1cc(Br)ncc1F)OCc1ccccc1. The highest BCUT2D eigenvalue weighted by Gasteiger charge is 2.23. The van der Waals surface area contributed by atoms with Crippen molar-refractivity contribution in [3.8, 4) is 0 Å². The molecule has 2 aromatic rings. The second kappa shape index (κ2) is 8.72. The number of alkyl carbamates (subject to hydrolysis) is 1. The van der Waals surface area contributed by atoms with Gasteiger partial charge in [-0.15, -0.1) is 0 Å². The first kappa shape index (κ1) is 18.3. The van der Waals surface area contributed by atoms with E-state index in [4.69, 9.17) is 4.74 Å². The molecule has 3 N–H and O–H groups in total. The zero-order valence-electron chi connectivity index (χ0n) is 12.5. The van der Waals surface area contributed by atoms with E-state index < -0.39 is 24.1 Å². The molecule has 0 bridgehead atoms. The number of aliphatic hydroxyl groups excluding tert-OH is 2. The van der Waals surface area contributed by atoms with Gasteiger partial charge in [-0.2, -0.15) is 0 Å². The van der Waals surface area contributed by atoms with Crippen LogP contribution in [0.25, 0.3) is 0 Å². The van der Waals surface area contributed by atoms with Crippen molar-refractivity contribution < 1.29 is 24.1 Å². The van der Waals surface area contributed by atoms with Crippen molar-refractivity contribution in [2.45, 2.75) is 18.8 Å². The van der Waals surface area contributed by atoms with E-state index in [1.54, 1.807) is 12.1 Å². The molecule has 0 saturated heterocycles. The molecule has 1 aromatic carbocycles. The quantitative estimate of drug-likeness (QED) is 0.649. The number of nitrogens with zero attached hydrogens (tertiary/aromatic N) is 1. The number of amides is 1. The first-order valence-electron chi connectivity index (χ1n) is 7.09. The fourth-order valence-electron chi connectivity index (χ4n) is 1.94. The van der Waals surface area contributed by atoms with Gasteiger partial charge in [-0.1, -0.05) is 30.3 Å². The van der Waals surface area contributed by atoms with Gasteiger partial charge in [0.05, 0.1) is 6.20 Å². The Morgan fingerprint density at radius 1 is 1.33 bits per heavy atom. The Labute approximate surface area is 146 Å². The van der Waals surface area contributed by atoms with Crippen LogP contribution < -0.4 is 5.32 Å². The molecule has 8 heteroatoms. The van der Waals surface area contributed by atoms with E-state index in [-0.39, 0.29) is 18.7 Å². The fourth-order valence-corrected chi connectivity index (χ4v) is 2.28. The molecule has 0 saturated carbocycles. The molecule has 24 heavy (non-hydrogen) atoms. The van der Waals surface area contributed by atoms with Crippen LogP contribution in [0.15, 0.2) is 47.2 Å². The Morgan fingerprint density at radius 3 is 2.75 bits per heavy atom. The number of benzene rings is 1. The lowest BCUT2D eigenvalue weighted by molar-refractivity contribution is 0.0163. The average molecular weight is 399 g/mol. The monoisotopic (exact) mass is 398 g/mol. The molecule has 0 aliphatic rings. The number of carbonyl (C=O) groups is 1. The Balaban J connectivity index is 1.82. The van der Waals surface area contributed by atoms with Crippen molar-refractivity contribution in [3.05, 3.63) is 64.1 Å². The number of aliphatic hydroxyl groups is 2. The Hall–Kier alpha value is -2.03. The highest BCUT2D eigenvalue weighted by atomic mass is 79.9. The number of rotatable bonds is 6. The molecule has 0 aliphatic carbocycles. The summed E-state index contributed by atoms with van der Waals surface area (Å²) in [5.41, 5.74) is 0.695. The third kappa shape index (κ3) is 5.26. The highest BCUT2D eigenvalue weighted by molar-refractivity contribution is 9.10. The molecule has 0 radical (unpaired) electrons. The van der Waals surface area contributed by atoms with E-state index in [1.807, 2.05) is 18.2 Å². The van der Waals surface area contributed by atoms with Gasteiger partial charge in [0.25, 0.3) is 0 Å². The predicted molar refractivity (Wildman–Crippen MR) is 87.5 cm³/mol. The minimum Gasteiger partial charge on any atom is -0.445 e. The van der Waals surface area contributed by atoms with Gasteiger partial charge in [0.1, 0.15) is 29.2 Å². The summed E-state index contributed by atoms with van der Waals surface area (Å²) in [5.74, 6) is -0.753. The molecule has 2 atom stereocenters. The van der Waals surface area contributed by atoms with Crippen LogP contribution in [0, 0.1) is 5.82 Å². The number of nitrogens with one attached hydrogen (secondary N) is 1. The van der Waals surface area contributed by atoms with E-state index in [9.17, 15) is 19.4 Å². The summed E-state index contributed by atoms with van der Waals surface area (Å²) in [6.07, 6.45) is -2.74. The third-order valence-corrected chi connectivity index (χ3v) is 3.64. The minimum atomic E-state index is -1.52. The predicted octanol–water partition coefficient (Wildman–Crippen LogP) is 2.30. The molecule has 2 unspecified atom stereocenters. The highest BCUT2D eigenvalue weighted by Crippen LogP contribution is 2.22. The number of aromatic nitrogens is 1. The maximum absolute atomic E-state index is 13.6. The van der Waals surface area contributed by atoms with Crippen LogP contribution in [0.1, 0.15) is 17.2 Å². The van der Waals surface area contributed by atoms with Crippen LogP contribution in [0.2, 0.25) is 0 Å². The van der Waals surface area contributed by atoms with Gasteiger partial charge in [-0.25, -0.2) is 14.2 Å². The number of pyridine rings is 1. The lowest BCUT2D eigenvalue weighted by Crippen LogP contribution is -2.36. The van der Waals surface area contributed by atoms with Crippen LogP contribution in [0.4, 0.5) is 9.18 Å². The van der Waals surface area contributed by atoms with Crippen LogP contribution in [0.5, 0.6) is 0 Å². The van der Waals surface area contributed by atoms with E-state index in [0.29, 0.717) is 4.60 Å². The van der Waals surface area contributed by atoms with E-state index in [0.717, 1.165) is 11.8 Å². The van der Waals surface area contributed by atoms with Crippen LogP contribution in [-0.2, 0) is 11.3 Å². The maximum atomic E-state index is 13.6. The number of ether oxygens (including phenoxy) is 1. The van der Waals surface area contributed by atoms with Gasteiger partial charge in [0, 0.05) is 12.1 Å². The van der Waals surface area contributed by atoms with Gasteiger partial charge in [0.15, 0.2) is 0 Å². The second-order valence-corrected chi connectivity index (χ2v) is 5.80. The number of hydrogen-bond acceptors (Lipinski definition) is 5. The zero-order valence-corrected chi connectivity index (χ0v) is 14.1. The average Bonchev–Trinajstić information content (AvgIpc) is 2.60. The van der Waals surface area contributed by atoms with Crippen molar-refractivity contribution in [1.29, 1.82) is 0 Å². The van der Waals surface area contributed by atoms with Gasteiger partial charge in [0.2, 0.25) is 0 Å². The molecule has 0 aliphatic heterocycles. The Bertz CT molecular complexity index is 687. The molecule has 1 aromatic heterocycles. The van der Waals surface area contributed by atoms with E-state index in [1.165, 1.54) is 6.07 Å². The number of halogens is 2. The normalized spacial score (nSPS) is 13.2. The van der Waals surface area contributed by atoms with Crippen LogP contribution >= 0.6 is 15.9 Å². The Kier molecular flexibility index (Phi) is 6.65. The third-order valence-electron chi connectivity index (χ3n) is 3.20. The summed E-state index contributed by atoms with van der Waals surface area (Å²) >= 11 is 3.06. The van der Waals surface area contributed by atoms with Crippen molar-refractivity contribution in [3.63, 3.8) is 0 Å². The molecule has 0 fully saturated rings. The van der Waals surface area contributed by atoms with Gasteiger partial charge < -0.3 is 20.3 Å². The minimum absolute atomic E-state index is 0.0806. The summed E-state index contributed by atoms with van der Waals surface area (Å²) in [7, 11) is 0. The summed E-state index contributed by atoms with van der Waals surface area (Å²) in [4.78, 5) is 15.3. The van der Waals surface area contributed by atoms with Crippen molar-refractivity contribution in [1.82, 2.24) is 10.3 Å². The maximum Gasteiger partial charge on any atom is 0.407 e. The van der Waals surface area contributed by atoms with Crippen LogP contribution in [-0.4, -0.2) is 33.9 Å². The molecule has 1 heterocycles. The lowest BCUT2D eigenvalue weighted by Gasteiger charge is -2.19.